The van der Waals surface area contributed by atoms with E-state index in [0.29, 0.717) is 0 Å². The summed E-state index contributed by atoms with van der Waals surface area (Å²) >= 11 is 0. The summed E-state index contributed by atoms with van der Waals surface area (Å²) in [7, 11) is 4.46. The van der Waals surface area contributed by atoms with Crippen molar-refractivity contribution in [3.63, 3.8) is 0 Å². The summed E-state index contributed by atoms with van der Waals surface area (Å²) in [6, 6.07) is 0. The highest BCUT2D eigenvalue weighted by Gasteiger charge is 2.11. The topological polar surface area (TPSA) is 20.2 Å². The van der Waals surface area contributed by atoms with E-state index in [-0.39, 0.29) is 0 Å². The average Bonchev–Trinajstić information content (AvgIpc) is 2.38. The lowest BCUT2D eigenvalue weighted by molar-refractivity contribution is -0.884. The van der Waals surface area contributed by atoms with Crippen LogP contribution in [0.15, 0.2) is 12.3 Å². The lowest BCUT2D eigenvalue weighted by Gasteiger charge is -2.28. The molecule has 0 radical (unpaired) electrons. The van der Waals surface area contributed by atoms with Crippen LogP contribution in [0.2, 0.25) is 0 Å². The quantitative estimate of drug-likeness (QED) is 0.282. The molecule has 0 aliphatic carbocycles. The first kappa shape index (κ1) is 18.5. The van der Waals surface area contributed by atoms with Crippen LogP contribution in [-0.4, -0.2) is 36.8 Å². The summed E-state index contributed by atoms with van der Waals surface area (Å²) in [5.41, 5.74) is 0. The predicted molar refractivity (Wildman–Crippen MR) is 85.5 cm³/mol. The monoisotopic (exact) mass is 270 g/mol. The molecule has 0 aliphatic heterocycles. The summed E-state index contributed by atoms with van der Waals surface area (Å²) < 4.78 is 0.980. The van der Waals surface area contributed by atoms with Gasteiger partial charge in [0.1, 0.15) is 6.54 Å². The lowest BCUT2D eigenvalue weighted by Crippen LogP contribution is -2.40. The van der Waals surface area contributed by atoms with E-state index in [2.05, 4.69) is 21.0 Å². The van der Waals surface area contributed by atoms with Gasteiger partial charge in [0.15, 0.2) is 0 Å². The number of unbranched alkanes of at least 4 members (excludes halogenated alkanes) is 9. The van der Waals surface area contributed by atoms with Crippen LogP contribution < -0.4 is 0 Å². The molecule has 0 unspecified atom stereocenters. The van der Waals surface area contributed by atoms with Crippen LogP contribution in [0.5, 0.6) is 0 Å². The van der Waals surface area contributed by atoms with Crippen LogP contribution in [0.3, 0.4) is 0 Å². The Morgan fingerprint density at radius 2 is 1.26 bits per heavy atom. The Morgan fingerprint density at radius 1 is 0.789 bits per heavy atom. The zero-order valence-corrected chi connectivity index (χ0v) is 13.5. The Labute approximate surface area is 121 Å². The van der Waals surface area contributed by atoms with E-state index in [1.807, 2.05) is 6.08 Å². The Balaban J connectivity index is 3.26. The van der Waals surface area contributed by atoms with Crippen molar-refractivity contribution in [2.45, 2.75) is 71.1 Å². The van der Waals surface area contributed by atoms with Crippen molar-refractivity contribution in [1.29, 1.82) is 0 Å². The Kier molecular flexibility index (Phi) is 12.2. The predicted octanol–water partition coefficient (Wildman–Crippen LogP) is 5.06. The highest BCUT2D eigenvalue weighted by atomic mass is 16.2. The molecule has 114 valence electrons. The molecule has 0 aromatic rings. The number of aliphatic hydroxyl groups excluding tert-OH is 1. The van der Waals surface area contributed by atoms with Crippen molar-refractivity contribution in [1.82, 2.24) is 0 Å². The minimum absolute atomic E-state index is 0.925. The maximum absolute atomic E-state index is 8.69. The van der Waals surface area contributed by atoms with Gasteiger partial charge >= 0.3 is 0 Å². The minimum Gasteiger partial charge on any atom is -0.516 e. The average molecular weight is 270 g/mol. The van der Waals surface area contributed by atoms with Gasteiger partial charge in [0.25, 0.3) is 0 Å². The number of quaternary nitrogens is 1. The summed E-state index contributed by atoms with van der Waals surface area (Å²) in [6.07, 6.45) is 17.0. The number of likely N-dealkylation sites (N-methyl/N-ethyl adjacent to an activating group) is 1. The van der Waals surface area contributed by atoms with E-state index in [0.717, 1.165) is 11.0 Å². The van der Waals surface area contributed by atoms with Gasteiger partial charge in [0.05, 0.1) is 26.9 Å². The summed E-state index contributed by atoms with van der Waals surface area (Å²) in [6.45, 7) is 4.41. The summed E-state index contributed by atoms with van der Waals surface area (Å²) in [5, 5.41) is 8.69. The first-order chi connectivity index (χ1) is 9.12. The van der Waals surface area contributed by atoms with Gasteiger partial charge in [-0.05, 0) is 12.8 Å². The largest absolute Gasteiger partial charge is 0.516 e. The number of hydrogen-bond donors (Lipinski definition) is 1. The molecule has 1 N–H and O–H groups in total. The molecule has 2 heteroatoms. The van der Waals surface area contributed by atoms with Crippen LogP contribution in [0.1, 0.15) is 71.1 Å². The summed E-state index contributed by atoms with van der Waals surface area (Å²) in [5.74, 6) is 0. The van der Waals surface area contributed by atoms with Crippen LogP contribution >= 0.6 is 0 Å². The van der Waals surface area contributed by atoms with Crippen LogP contribution in [-0.2, 0) is 0 Å². The third-order valence-corrected chi connectivity index (χ3v) is 3.82. The van der Waals surface area contributed by atoms with Crippen LogP contribution in [0, 0.1) is 0 Å². The van der Waals surface area contributed by atoms with Crippen molar-refractivity contribution in [3.05, 3.63) is 12.3 Å². The van der Waals surface area contributed by atoms with Gasteiger partial charge in [-0.3, -0.25) is 0 Å². The Morgan fingerprint density at radius 3 is 1.74 bits per heavy atom. The highest BCUT2D eigenvalue weighted by molar-refractivity contribution is 4.70. The number of rotatable bonds is 13. The number of aliphatic hydroxyl groups is 1. The maximum Gasteiger partial charge on any atom is 0.100 e. The van der Waals surface area contributed by atoms with E-state index < -0.39 is 0 Å². The molecule has 0 aliphatic rings. The van der Waals surface area contributed by atoms with Crippen molar-refractivity contribution in [3.8, 4) is 0 Å². The zero-order valence-electron chi connectivity index (χ0n) is 13.5. The van der Waals surface area contributed by atoms with Gasteiger partial charge in [0, 0.05) is 6.08 Å². The van der Waals surface area contributed by atoms with Crippen LogP contribution in [0.25, 0.3) is 0 Å². The number of hydrogen-bond acceptors (Lipinski definition) is 1. The fourth-order valence-corrected chi connectivity index (χ4v) is 2.45. The first-order valence-electron chi connectivity index (χ1n) is 8.23. The highest BCUT2D eigenvalue weighted by Crippen LogP contribution is 2.11. The molecular formula is C17H36NO+. The molecule has 0 saturated carbocycles. The van der Waals surface area contributed by atoms with Gasteiger partial charge in [-0.2, -0.15) is 0 Å². The molecule has 0 spiro atoms. The normalized spacial score (nSPS) is 12.4. The van der Waals surface area contributed by atoms with Gasteiger partial charge in [-0.25, -0.2) is 0 Å². The van der Waals surface area contributed by atoms with Crippen molar-refractivity contribution in [2.75, 3.05) is 27.2 Å². The van der Waals surface area contributed by atoms with Gasteiger partial charge < -0.3 is 9.59 Å². The van der Waals surface area contributed by atoms with Gasteiger partial charge in [-0.15, -0.1) is 0 Å². The van der Waals surface area contributed by atoms with Gasteiger partial charge in [-0.1, -0.05) is 58.3 Å². The third kappa shape index (κ3) is 13.7. The molecular weight excluding hydrogens is 234 g/mol. The van der Waals surface area contributed by atoms with Crippen molar-refractivity contribution < 1.29 is 9.59 Å². The minimum atomic E-state index is 0.925. The molecule has 0 heterocycles. The molecule has 2 nitrogen and oxygen atoms in total. The number of nitrogens with zero attached hydrogens (tertiary/aromatic N) is 1. The first-order valence-corrected chi connectivity index (χ1v) is 8.23. The van der Waals surface area contributed by atoms with E-state index in [9.17, 15) is 0 Å². The Hall–Kier alpha value is -0.500. The zero-order chi connectivity index (χ0) is 14.4. The molecule has 0 fully saturated rings. The smallest absolute Gasteiger partial charge is 0.100 e. The SMILES string of the molecule is CCCCCCCCCCCC[N+](C)(C)CC=CO. The van der Waals surface area contributed by atoms with E-state index in [1.54, 1.807) is 0 Å². The third-order valence-electron chi connectivity index (χ3n) is 3.82. The molecule has 19 heavy (non-hydrogen) atoms. The second-order valence-corrected chi connectivity index (χ2v) is 6.41. The fourth-order valence-electron chi connectivity index (χ4n) is 2.45. The molecule has 0 aromatic carbocycles. The van der Waals surface area contributed by atoms with E-state index in [4.69, 9.17) is 5.11 Å². The Bertz CT molecular complexity index is 211. The maximum atomic E-state index is 8.69. The fraction of sp³-hybridized carbons (Fsp3) is 0.882. The second-order valence-electron chi connectivity index (χ2n) is 6.41. The molecule has 0 atom stereocenters. The van der Waals surface area contributed by atoms with Crippen LogP contribution in [0.4, 0.5) is 0 Å². The molecule has 0 bridgehead atoms. The standard InChI is InChI=1S/C17H35NO/c1-4-5-6-7-8-9-10-11-12-13-15-18(2,3)16-14-17-19/h14,17H,4-13,15-16H2,1-3H3/p+1. The van der Waals surface area contributed by atoms with E-state index in [1.165, 1.54) is 77.0 Å². The summed E-state index contributed by atoms with van der Waals surface area (Å²) in [4.78, 5) is 0. The second kappa shape index (κ2) is 12.5. The molecule has 0 amide bonds. The van der Waals surface area contributed by atoms with Crippen molar-refractivity contribution >= 4 is 0 Å². The lowest BCUT2D eigenvalue weighted by atomic mass is 10.1. The molecule has 0 aromatic heterocycles. The van der Waals surface area contributed by atoms with Gasteiger partial charge in [0.2, 0.25) is 0 Å². The van der Waals surface area contributed by atoms with Crippen molar-refractivity contribution in [2.24, 2.45) is 0 Å². The molecule has 0 saturated heterocycles. The van der Waals surface area contributed by atoms with E-state index >= 15 is 0 Å². The molecule has 0 rings (SSSR count).